The molecule has 0 saturated carbocycles. The van der Waals surface area contributed by atoms with E-state index in [0.717, 1.165) is 12.4 Å². The lowest BCUT2D eigenvalue weighted by Crippen LogP contribution is -2.54. The normalized spacial score (nSPS) is 13.9. The summed E-state index contributed by atoms with van der Waals surface area (Å²) in [5.74, 6) is 0. The van der Waals surface area contributed by atoms with Crippen molar-refractivity contribution >= 4 is 15.9 Å². The summed E-state index contributed by atoms with van der Waals surface area (Å²) in [6, 6.07) is 0.449. The Morgan fingerprint density at radius 1 is 1.06 bits per heavy atom. The Morgan fingerprint density at radius 3 is 1.88 bits per heavy atom. The molecule has 1 rings (SSSR count). The Morgan fingerprint density at radius 2 is 1.53 bits per heavy atom. The number of nitrogens with zero attached hydrogens (tertiary/aromatic N) is 1. The summed E-state index contributed by atoms with van der Waals surface area (Å²) >= 11 is 2.49. The predicted octanol–water partition coefficient (Wildman–Crippen LogP) is 3.16. The fourth-order valence-electron chi connectivity index (χ4n) is 1.13. The summed E-state index contributed by atoms with van der Waals surface area (Å²) in [6.45, 7) is 0. The number of hydrogen-bond acceptors (Lipinski definition) is 2. The summed E-state index contributed by atoms with van der Waals surface area (Å²) in [5, 5.41) is 9.03. The molecule has 0 aromatic carbocycles. The van der Waals surface area contributed by atoms with Gasteiger partial charge in [-0.15, -0.1) is 0 Å². The number of alkyl halides is 6. The standard InChI is InChI=1S/C8H4BrF6NO/c9-5-3-16-2-1-4(5)6(17,7(10,11)12)8(13,14)15/h1-3,17H. The minimum Gasteiger partial charge on any atom is -0.369 e. The number of pyridine rings is 1. The summed E-state index contributed by atoms with van der Waals surface area (Å²) in [5.41, 5.74) is -6.28. The minimum atomic E-state index is -5.89. The van der Waals surface area contributed by atoms with Gasteiger partial charge in [-0.3, -0.25) is 4.98 Å². The third-order valence-electron chi connectivity index (χ3n) is 1.98. The van der Waals surface area contributed by atoms with Gasteiger partial charge in [0.15, 0.2) is 0 Å². The number of aromatic nitrogens is 1. The van der Waals surface area contributed by atoms with Crippen molar-refractivity contribution in [3.63, 3.8) is 0 Å². The molecule has 0 aliphatic heterocycles. The maximum atomic E-state index is 12.5. The van der Waals surface area contributed by atoms with E-state index < -0.39 is 28.0 Å². The van der Waals surface area contributed by atoms with Crippen molar-refractivity contribution in [3.8, 4) is 0 Å². The van der Waals surface area contributed by atoms with Crippen LogP contribution < -0.4 is 0 Å². The maximum Gasteiger partial charge on any atom is 0.430 e. The lowest BCUT2D eigenvalue weighted by molar-refractivity contribution is -0.376. The molecule has 0 amide bonds. The van der Waals surface area contributed by atoms with E-state index in [1.54, 1.807) is 0 Å². The van der Waals surface area contributed by atoms with E-state index in [9.17, 15) is 26.3 Å². The number of rotatable bonds is 1. The highest BCUT2D eigenvalue weighted by molar-refractivity contribution is 9.10. The fraction of sp³-hybridized carbons (Fsp3) is 0.375. The van der Waals surface area contributed by atoms with Gasteiger partial charge in [-0.25, -0.2) is 0 Å². The van der Waals surface area contributed by atoms with E-state index in [-0.39, 0.29) is 0 Å². The minimum absolute atomic E-state index is 0.449. The predicted molar refractivity (Wildman–Crippen MR) is 47.9 cm³/mol. The molecule has 1 aromatic heterocycles. The lowest BCUT2D eigenvalue weighted by Gasteiger charge is -2.33. The van der Waals surface area contributed by atoms with Gasteiger partial charge in [0.1, 0.15) is 0 Å². The molecule has 2 nitrogen and oxygen atoms in total. The van der Waals surface area contributed by atoms with Crippen LogP contribution in [0.5, 0.6) is 0 Å². The van der Waals surface area contributed by atoms with Crippen molar-refractivity contribution in [2.24, 2.45) is 0 Å². The third kappa shape index (κ3) is 2.25. The molecule has 0 saturated heterocycles. The lowest BCUT2D eigenvalue weighted by atomic mass is 9.93. The van der Waals surface area contributed by atoms with Crippen molar-refractivity contribution in [2.75, 3.05) is 0 Å². The van der Waals surface area contributed by atoms with Crippen molar-refractivity contribution < 1.29 is 31.4 Å². The van der Waals surface area contributed by atoms with Gasteiger partial charge < -0.3 is 5.11 Å². The molecule has 1 heterocycles. The van der Waals surface area contributed by atoms with Crippen LogP contribution >= 0.6 is 15.9 Å². The summed E-state index contributed by atoms with van der Waals surface area (Å²) in [6.07, 6.45) is -10.3. The number of aliphatic hydroxyl groups is 1. The molecule has 0 fully saturated rings. The number of hydrogen-bond donors (Lipinski definition) is 1. The largest absolute Gasteiger partial charge is 0.430 e. The summed E-state index contributed by atoms with van der Waals surface area (Å²) in [4.78, 5) is 3.33. The highest BCUT2D eigenvalue weighted by atomic mass is 79.9. The molecule has 1 aromatic rings. The van der Waals surface area contributed by atoms with Crippen LogP contribution in [-0.2, 0) is 5.60 Å². The molecule has 0 bridgehead atoms. The van der Waals surface area contributed by atoms with Gasteiger partial charge in [0, 0.05) is 22.4 Å². The van der Waals surface area contributed by atoms with Crippen LogP contribution in [0.2, 0.25) is 0 Å². The Balaban J connectivity index is 3.53. The second kappa shape index (κ2) is 4.13. The van der Waals surface area contributed by atoms with Crippen LogP contribution in [0.15, 0.2) is 22.9 Å². The van der Waals surface area contributed by atoms with Gasteiger partial charge in [0.05, 0.1) is 0 Å². The van der Waals surface area contributed by atoms with Crippen LogP contribution in [0.1, 0.15) is 5.56 Å². The fourth-order valence-corrected chi connectivity index (χ4v) is 1.67. The Labute approximate surface area is 99.4 Å². The zero-order valence-electron chi connectivity index (χ0n) is 7.77. The monoisotopic (exact) mass is 323 g/mol. The molecule has 0 spiro atoms. The molecule has 9 heteroatoms. The van der Waals surface area contributed by atoms with E-state index in [1.807, 2.05) is 0 Å². The van der Waals surface area contributed by atoms with E-state index in [1.165, 1.54) is 0 Å². The first-order valence-corrected chi connectivity index (χ1v) is 4.77. The van der Waals surface area contributed by atoms with Crippen LogP contribution in [-0.4, -0.2) is 22.4 Å². The smallest absolute Gasteiger partial charge is 0.369 e. The first-order chi connectivity index (χ1) is 7.52. The molecule has 0 aliphatic carbocycles. The molecule has 96 valence electrons. The van der Waals surface area contributed by atoms with Crippen LogP contribution in [0.25, 0.3) is 0 Å². The second-order valence-electron chi connectivity index (χ2n) is 3.06. The van der Waals surface area contributed by atoms with E-state index in [2.05, 4.69) is 20.9 Å². The van der Waals surface area contributed by atoms with Crippen molar-refractivity contribution in [3.05, 3.63) is 28.5 Å². The highest BCUT2D eigenvalue weighted by Crippen LogP contribution is 2.51. The average molecular weight is 324 g/mol. The van der Waals surface area contributed by atoms with Gasteiger partial charge in [-0.1, -0.05) is 0 Å². The van der Waals surface area contributed by atoms with Crippen LogP contribution in [0.4, 0.5) is 26.3 Å². The topological polar surface area (TPSA) is 33.1 Å². The van der Waals surface area contributed by atoms with Crippen LogP contribution in [0, 0.1) is 0 Å². The van der Waals surface area contributed by atoms with Gasteiger partial charge >= 0.3 is 12.4 Å². The molecular weight excluding hydrogens is 320 g/mol. The first kappa shape index (κ1) is 14.2. The van der Waals surface area contributed by atoms with Gasteiger partial charge in [-0.05, 0) is 22.0 Å². The summed E-state index contributed by atoms with van der Waals surface area (Å²) in [7, 11) is 0. The van der Waals surface area contributed by atoms with Gasteiger partial charge in [-0.2, -0.15) is 26.3 Å². The summed E-state index contributed by atoms with van der Waals surface area (Å²) < 4.78 is 74.1. The zero-order valence-corrected chi connectivity index (χ0v) is 9.36. The quantitative estimate of drug-likeness (QED) is 0.805. The van der Waals surface area contributed by atoms with Crippen molar-refractivity contribution in [2.45, 2.75) is 18.0 Å². The van der Waals surface area contributed by atoms with Gasteiger partial charge in [0.25, 0.3) is 5.60 Å². The average Bonchev–Trinajstić information content (AvgIpc) is 2.13. The van der Waals surface area contributed by atoms with Crippen LogP contribution in [0.3, 0.4) is 0 Å². The zero-order chi connectivity index (χ0) is 13.5. The third-order valence-corrected chi connectivity index (χ3v) is 2.61. The van der Waals surface area contributed by atoms with Crippen molar-refractivity contribution in [1.29, 1.82) is 0 Å². The SMILES string of the molecule is OC(c1ccncc1Br)(C(F)(F)F)C(F)(F)F. The number of halogens is 7. The van der Waals surface area contributed by atoms with Gasteiger partial charge in [0.2, 0.25) is 0 Å². The molecular formula is C8H4BrF6NO. The first-order valence-electron chi connectivity index (χ1n) is 3.97. The molecule has 0 aliphatic rings. The second-order valence-corrected chi connectivity index (χ2v) is 3.92. The Kier molecular flexibility index (Phi) is 3.45. The van der Waals surface area contributed by atoms with Crippen molar-refractivity contribution in [1.82, 2.24) is 4.98 Å². The molecule has 17 heavy (non-hydrogen) atoms. The van der Waals surface area contributed by atoms with E-state index >= 15 is 0 Å². The van der Waals surface area contributed by atoms with E-state index in [4.69, 9.17) is 5.11 Å². The molecule has 1 N–H and O–H groups in total. The molecule has 0 radical (unpaired) electrons. The highest BCUT2D eigenvalue weighted by Gasteiger charge is 2.71. The molecule has 0 unspecified atom stereocenters. The molecule has 0 atom stereocenters. The Hall–Kier alpha value is -0.830. The Bertz CT molecular complexity index is 401. The van der Waals surface area contributed by atoms with E-state index in [0.29, 0.717) is 6.07 Å². The maximum absolute atomic E-state index is 12.5.